The Bertz CT molecular complexity index is 505. The summed E-state index contributed by atoms with van der Waals surface area (Å²) in [7, 11) is 2.04. The van der Waals surface area contributed by atoms with Gasteiger partial charge in [0.2, 0.25) is 5.75 Å². The lowest BCUT2D eigenvalue weighted by atomic mass is 10.1. The SMILES string of the molecule is CN1CCC(Nc2ccc([N+](=O)[O-])c(OC(F)F)c2)CC1. The maximum absolute atomic E-state index is 12.3. The molecule has 0 aliphatic carbocycles. The van der Waals surface area contributed by atoms with Crippen molar-refractivity contribution in [3.8, 4) is 5.75 Å². The van der Waals surface area contributed by atoms with E-state index in [-0.39, 0.29) is 6.04 Å². The first kappa shape index (κ1) is 15.4. The van der Waals surface area contributed by atoms with Crippen LogP contribution in [0.25, 0.3) is 0 Å². The van der Waals surface area contributed by atoms with Gasteiger partial charge in [-0.2, -0.15) is 8.78 Å². The summed E-state index contributed by atoms with van der Waals surface area (Å²) in [5, 5.41) is 14.0. The predicted molar refractivity (Wildman–Crippen MR) is 73.9 cm³/mol. The number of piperidine rings is 1. The summed E-state index contributed by atoms with van der Waals surface area (Å²) in [6, 6.07) is 4.16. The van der Waals surface area contributed by atoms with E-state index in [4.69, 9.17) is 0 Å². The second-order valence-corrected chi connectivity index (χ2v) is 5.04. The van der Waals surface area contributed by atoms with E-state index in [1.807, 2.05) is 7.05 Å². The molecular weight excluding hydrogens is 284 g/mol. The van der Waals surface area contributed by atoms with Crippen molar-refractivity contribution in [1.29, 1.82) is 0 Å². The Morgan fingerprint density at radius 2 is 2.10 bits per heavy atom. The molecule has 0 saturated carbocycles. The smallest absolute Gasteiger partial charge is 0.387 e. The number of alkyl halides is 2. The molecule has 116 valence electrons. The number of nitrogens with one attached hydrogen (secondary N) is 1. The number of ether oxygens (including phenoxy) is 1. The Kier molecular flexibility index (Phi) is 4.89. The van der Waals surface area contributed by atoms with E-state index in [9.17, 15) is 18.9 Å². The third-order valence-electron chi connectivity index (χ3n) is 3.46. The number of likely N-dealkylation sites (tertiary alicyclic amines) is 1. The molecule has 6 nitrogen and oxygen atoms in total. The van der Waals surface area contributed by atoms with Gasteiger partial charge in [-0.15, -0.1) is 0 Å². The lowest BCUT2D eigenvalue weighted by Crippen LogP contribution is -2.36. The number of rotatable bonds is 5. The maximum Gasteiger partial charge on any atom is 0.387 e. The molecule has 1 fully saturated rings. The van der Waals surface area contributed by atoms with Gasteiger partial charge in [0.15, 0.2) is 0 Å². The van der Waals surface area contributed by atoms with Crippen LogP contribution in [0.5, 0.6) is 5.75 Å². The zero-order valence-corrected chi connectivity index (χ0v) is 11.6. The van der Waals surface area contributed by atoms with Crippen molar-refractivity contribution < 1.29 is 18.4 Å². The van der Waals surface area contributed by atoms with Crippen LogP contribution in [0.1, 0.15) is 12.8 Å². The molecule has 1 aliphatic heterocycles. The Morgan fingerprint density at radius 3 is 2.67 bits per heavy atom. The Balaban J connectivity index is 2.11. The number of nitro groups is 1. The van der Waals surface area contributed by atoms with E-state index >= 15 is 0 Å². The number of benzene rings is 1. The molecule has 1 aromatic rings. The molecule has 1 aliphatic rings. The van der Waals surface area contributed by atoms with Crippen molar-refractivity contribution in [3.05, 3.63) is 28.3 Å². The van der Waals surface area contributed by atoms with Gasteiger partial charge in [-0.25, -0.2) is 0 Å². The number of anilines is 1. The van der Waals surface area contributed by atoms with E-state index in [1.54, 1.807) is 0 Å². The first-order chi connectivity index (χ1) is 9.95. The van der Waals surface area contributed by atoms with Crippen molar-refractivity contribution in [2.75, 3.05) is 25.5 Å². The third kappa shape index (κ3) is 4.25. The molecule has 2 rings (SSSR count). The van der Waals surface area contributed by atoms with E-state index in [1.165, 1.54) is 18.2 Å². The molecule has 21 heavy (non-hydrogen) atoms. The van der Waals surface area contributed by atoms with Crippen molar-refractivity contribution in [3.63, 3.8) is 0 Å². The fourth-order valence-corrected chi connectivity index (χ4v) is 2.33. The molecule has 0 unspecified atom stereocenters. The average molecular weight is 301 g/mol. The largest absolute Gasteiger partial charge is 0.427 e. The van der Waals surface area contributed by atoms with Crippen LogP contribution in [0.4, 0.5) is 20.2 Å². The second-order valence-electron chi connectivity index (χ2n) is 5.04. The summed E-state index contributed by atoms with van der Waals surface area (Å²) in [5.41, 5.74) is 0.0787. The molecule has 1 saturated heterocycles. The quantitative estimate of drug-likeness (QED) is 0.669. The molecule has 0 bridgehead atoms. The van der Waals surface area contributed by atoms with E-state index in [0.717, 1.165) is 25.9 Å². The van der Waals surface area contributed by atoms with Gasteiger partial charge in [0.05, 0.1) is 4.92 Å². The van der Waals surface area contributed by atoms with Gasteiger partial charge in [0.25, 0.3) is 0 Å². The molecular formula is C13H17F2N3O3. The van der Waals surface area contributed by atoms with Gasteiger partial charge in [0.1, 0.15) is 0 Å². The van der Waals surface area contributed by atoms with Crippen LogP contribution in [0.2, 0.25) is 0 Å². The fraction of sp³-hybridized carbons (Fsp3) is 0.538. The Morgan fingerprint density at radius 1 is 1.43 bits per heavy atom. The number of nitro benzene ring substituents is 1. The second kappa shape index (κ2) is 6.66. The van der Waals surface area contributed by atoms with Gasteiger partial charge in [-0.1, -0.05) is 0 Å². The Labute approximate surface area is 120 Å². The highest BCUT2D eigenvalue weighted by Gasteiger charge is 2.21. The summed E-state index contributed by atoms with van der Waals surface area (Å²) in [5.74, 6) is -0.423. The van der Waals surface area contributed by atoms with Gasteiger partial charge in [-0.3, -0.25) is 10.1 Å². The van der Waals surface area contributed by atoms with Gasteiger partial charge >= 0.3 is 12.3 Å². The first-order valence-corrected chi connectivity index (χ1v) is 6.64. The minimum Gasteiger partial charge on any atom is -0.427 e. The topological polar surface area (TPSA) is 67.6 Å². The third-order valence-corrected chi connectivity index (χ3v) is 3.46. The standard InChI is InChI=1S/C13H17F2N3O3/c1-17-6-4-9(5-7-17)16-10-2-3-11(18(19)20)12(8-10)21-13(14)15/h2-3,8-9,13,16H,4-7H2,1H3. The highest BCUT2D eigenvalue weighted by atomic mass is 19.3. The minimum absolute atomic E-state index is 0.224. The molecule has 1 N–H and O–H groups in total. The fourth-order valence-electron chi connectivity index (χ4n) is 2.33. The molecule has 0 radical (unpaired) electrons. The number of hydrogen-bond acceptors (Lipinski definition) is 5. The monoisotopic (exact) mass is 301 g/mol. The predicted octanol–water partition coefficient (Wildman–Crippen LogP) is 2.70. The highest BCUT2D eigenvalue weighted by molar-refractivity contribution is 5.58. The number of halogens is 2. The Hall–Kier alpha value is -1.96. The molecule has 1 heterocycles. The van der Waals surface area contributed by atoms with Crippen LogP contribution >= 0.6 is 0 Å². The summed E-state index contributed by atoms with van der Waals surface area (Å²) in [4.78, 5) is 12.3. The zero-order chi connectivity index (χ0) is 15.4. The highest BCUT2D eigenvalue weighted by Crippen LogP contribution is 2.32. The van der Waals surface area contributed by atoms with Crippen LogP contribution in [0.15, 0.2) is 18.2 Å². The normalized spacial score (nSPS) is 17.0. The maximum atomic E-state index is 12.3. The van der Waals surface area contributed by atoms with Gasteiger partial charge in [-0.05, 0) is 39.0 Å². The minimum atomic E-state index is -3.10. The van der Waals surface area contributed by atoms with Crippen molar-refractivity contribution in [1.82, 2.24) is 4.90 Å². The van der Waals surface area contributed by atoms with Crippen LogP contribution in [-0.2, 0) is 0 Å². The van der Waals surface area contributed by atoms with Crippen LogP contribution in [0.3, 0.4) is 0 Å². The average Bonchev–Trinajstić information content (AvgIpc) is 2.40. The summed E-state index contributed by atoms with van der Waals surface area (Å²) in [6.45, 7) is -1.20. The van der Waals surface area contributed by atoms with Gasteiger partial charge < -0.3 is 15.0 Å². The van der Waals surface area contributed by atoms with E-state index in [0.29, 0.717) is 5.69 Å². The van der Waals surface area contributed by atoms with Crippen LogP contribution < -0.4 is 10.1 Å². The number of hydrogen-bond donors (Lipinski definition) is 1. The zero-order valence-electron chi connectivity index (χ0n) is 11.6. The lowest BCUT2D eigenvalue weighted by molar-refractivity contribution is -0.386. The van der Waals surface area contributed by atoms with Crippen LogP contribution in [0, 0.1) is 10.1 Å². The molecule has 0 amide bonds. The van der Waals surface area contributed by atoms with E-state index in [2.05, 4.69) is 15.0 Å². The molecule has 8 heteroatoms. The van der Waals surface area contributed by atoms with E-state index < -0.39 is 23.0 Å². The summed E-state index contributed by atoms with van der Waals surface area (Å²) < 4.78 is 28.9. The van der Waals surface area contributed by atoms with Crippen molar-refractivity contribution >= 4 is 11.4 Å². The molecule has 0 spiro atoms. The molecule has 0 atom stereocenters. The molecule has 0 aromatic heterocycles. The summed E-state index contributed by atoms with van der Waals surface area (Å²) >= 11 is 0. The number of nitrogens with zero attached hydrogens (tertiary/aromatic N) is 2. The lowest BCUT2D eigenvalue weighted by Gasteiger charge is -2.30. The van der Waals surface area contributed by atoms with Gasteiger partial charge in [0, 0.05) is 23.9 Å². The first-order valence-electron chi connectivity index (χ1n) is 6.64. The van der Waals surface area contributed by atoms with Crippen molar-refractivity contribution in [2.24, 2.45) is 0 Å². The van der Waals surface area contributed by atoms with Crippen molar-refractivity contribution in [2.45, 2.75) is 25.5 Å². The summed E-state index contributed by atoms with van der Waals surface area (Å²) in [6.07, 6.45) is 1.86. The molecule has 1 aromatic carbocycles. The van der Waals surface area contributed by atoms with Crippen LogP contribution in [-0.4, -0.2) is 42.6 Å².